The van der Waals surface area contributed by atoms with Gasteiger partial charge >= 0.3 is 5.97 Å². The van der Waals surface area contributed by atoms with Gasteiger partial charge in [-0.2, -0.15) is 0 Å². The summed E-state index contributed by atoms with van der Waals surface area (Å²) in [5, 5.41) is 14.3. The summed E-state index contributed by atoms with van der Waals surface area (Å²) in [5.74, 6) is -1.74. The number of phenolic OH excluding ortho intramolecular Hbond substituents is 1. The fourth-order valence-corrected chi connectivity index (χ4v) is 2.79. The predicted molar refractivity (Wildman–Crippen MR) is 104 cm³/mol. The van der Waals surface area contributed by atoms with Gasteiger partial charge in [0.15, 0.2) is 6.10 Å². The number of esters is 1. The largest absolute Gasteiger partial charge is 0.507 e. The second-order valence-corrected chi connectivity index (χ2v) is 6.43. The van der Waals surface area contributed by atoms with Gasteiger partial charge in [-0.1, -0.05) is 36.4 Å². The van der Waals surface area contributed by atoms with E-state index >= 15 is 0 Å². The molecule has 1 atom stereocenters. The van der Waals surface area contributed by atoms with Gasteiger partial charge < -0.3 is 15.2 Å². The van der Waals surface area contributed by atoms with Gasteiger partial charge in [-0.05, 0) is 53.9 Å². The standard InChI is InChI=1S/C22H20FNO4/c1-14(21(26)24-11-10-15-6-8-18(23)9-7-15)28-22(27)19-12-16-4-2-3-5-17(16)13-20(19)25/h2-9,12-14,25H,10-11H2,1H3,(H,24,26)/t14-/m1/s1. The Bertz CT molecular complexity index is 1000. The summed E-state index contributed by atoms with van der Waals surface area (Å²) >= 11 is 0. The summed E-state index contributed by atoms with van der Waals surface area (Å²) in [6, 6.07) is 16.3. The molecule has 0 saturated carbocycles. The first-order valence-electron chi connectivity index (χ1n) is 8.89. The molecule has 1 amide bonds. The highest BCUT2D eigenvalue weighted by molar-refractivity contribution is 5.99. The second kappa shape index (κ2) is 8.52. The topological polar surface area (TPSA) is 75.6 Å². The third-order valence-electron chi connectivity index (χ3n) is 4.36. The van der Waals surface area contributed by atoms with E-state index in [1.165, 1.54) is 31.2 Å². The van der Waals surface area contributed by atoms with Crippen LogP contribution >= 0.6 is 0 Å². The van der Waals surface area contributed by atoms with E-state index in [9.17, 15) is 19.1 Å². The van der Waals surface area contributed by atoms with Crippen molar-refractivity contribution in [2.24, 2.45) is 0 Å². The average molecular weight is 381 g/mol. The van der Waals surface area contributed by atoms with E-state index < -0.39 is 18.0 Å². The fraction of sp³-hybridized carbons (Fsp3) is 0.182. The van der Waals surface area contributed by atoms with Gasteiger partial charge in [-0.3, -0.25) is 4.79 Å². The first-order valence-corrected chi connectivity index (χ1v) is 8.89. The lowest BCUT2D eigenvalue weighted by Gasteiger charge is -2.14. The minimum atomic E-state index is -1.02. The molecule has 5 nitrogen and oxygen atoms in total. The molecule has 0 unspecified atom stereocenters. The molecule has 0 aliphatic carbocycles. The Morgan fingerprint density at radius 2 is 1.71 bits per heavy atom. The molecule has 0 aliphatic heterocycles. The number of halogens is 1. The Kier molecular flexibility index (Phi) is 5.89. The highest BCUT2D eigenvalue weighted by atomic mass is 19.1. The molecule has 3 aromatic rings. The summed E-state index contributed by atoms with van der Waals surface area (Å²) in [7, 11) is 0. The monoisotopic (exact) mass is 381 g/mol. The van der Waals surface area contributed by atoms with E-state index in [1.54, 1.807) is 12.1 Å². The maximum absolute atomic E-state index is 12.9. The van der Waals surface area contributed by atoms with E-state index in [1.807, 2.05) is 24.3 Å². The number of rotatable bonds is 6. The molecule has 0 radical (unpaired) electrons. The lowest BCUT2D eigenvalue weighted by Crippen LogP contribution is -2.36. The number of fused-ring (bicyclic) bond motifs is 1. The van der Waals surface area contributed by atoms with Crippen LogP contribution in [0.1, 0.15) is 22.8 Å². The van der Waals surface area contributed by atoms with Crippen molar-refractivity contribution >= 4 is 22.6 Å². The van der Waals surface area contributed by atoms with Gasteiger partial charge in [0, 0.05) is 6.54 Å². The molecule has 3 rings (SSSR count). The Balaban J connectivity index is 1.56. The molecular formula is C22H20FNO4. The third kappa shape index (κ3) is 4.65. The molecule has 0 saturated heterocycles. The number of aromatic hydroxyl groups is 1. The number of nitrogens with one attached hydrogen (secondary N) is 1. The SMILES string of the molecule is C[C@@H](OC(=O)c1cc2ccccc2cc1O)C(=O)NCCc1ccc(F)cc1. The zero-order chi connectivity index (χ0) is 20.1. The van der Waals surface area contributed by atoms with Crippen molar-refractivity contribution in [3.8, 4) is 5.75 Å². The fourth-order valence-electron chi connectivity index (χ4n) is 2.79. The van der Waals surface area contributed by atoms with Crippen molar-refractivity contribution in [2.75, 3.05) is 6.54 Å². The van der Waals surface area contributed by atoms with Crippen LogP contribution in [0.25, 0.3) is 10.8 Å². The van der Waals surface area contributed by atoms with Crippen LogP contribution in [-0.2, 0) is 16.0 Å². The molecule has 0 heterocycles. The molecule has 0 fully saturated rings. The highest BCUT2D eigenvalue weighted by Crippen LogP contribution is 2.25. The normalized spacial score (nSPS) is 11.8. The van der Waals surface area contributed by atoms with E-state index in [0.29, 0.717) is 13.0 Å². The number of carbonyl (C=O) groups is 2. The van der Waals surface area contributed by atoms with Crippen molar-refractivity contribution < 1.29 is 23.8 Å². The van der Waals surface area contributed by atoms with E-state index in [-0.39, 0.29) is 17.1 Å². The van der Waals surface area contributed by atoms with Crippen LogP contribution in [0.4, 0.5) is 4.39 Å². The van der Waals surface area contributed by atoms with Gasteiger partial charge in [0.2, 0.25) is 0 Å². The first kappa shape index (κ1) is 19.4. The molecule has 6 heteroatoms. The molecular weight excluding hydrogens is 361 g/mol. The minimum absolute atomic E-state index is 0.00432. The van der Waals surface area contributed by atoms with Crippen molar-refractivity contribution in [3.63, 3.8) is 0 Å². The van der Waals surface area contributed by atoms with Gasteiger partial charge in [0.25, 0.3) is 5.91 Å². The molecule has 0 bridgehead atoms. The smallest absolute Gasteiger partial charge is 0.342 e. The van der Waals surface area contributed by atoms with Crippen molar-refractivity contribution in [3.05, 3.63) is 77.6 Å². The zero-order valence-electron chi connectivity index (χ0n) is 15.3. The van der Waals surface area contributed by atoms with Crippen molar-refractivity contribution in [2.45, 2.75) is 19.4 Å². The van der Waals surface area contributed by atoms with Gasteiger partial charge in [0.05, 0.1) is 0 Å². The summed E-state index contributed by atoms with van der Waals surface area (Å²) < 4.78 is 18.1. The maximum atomic E-state index is 12.9. The van der Waals surface area contributed by atoms with Crippen LogP contribution in [0.3, 0.4) is 0 Å². The number of phenols is 1. The molecule has 3 aromatic carbocycles. The zero-order valence-corrected chi connectivity index (χ0v) is 15.3. The first-order chi connectivity index (χ1) is 13.4. The van der Waals surface area contributed by atoms with Crippen molar-refractivity contribution in [1.82, 2.24) is 5.32 Å². The maximum Gasteiger partial charge on any atom is 0.342 e. The molecule has 0 spiro atoms. The van der Waals surface area contributed by atoms with Crippen LogP contribution in [0.5, 0.6) is 5.75 Å². The third-order valence-corrected chi connectivity index (χ3v) is 4.36. The van der Waals surface area contributed by atoms with Crippen LogP contribution in [0.15, 0.2) is 60.7 Å². The minimum Gasteiger partial charge on any atom is -0.507 e. The summed E-state index contributed by atoms with van der Waals surface area (Å²) in [4.78, 5) is 24.5. The van der Waals surface area contributed by atoms with Crippen LogP contribution in [0, 0.1) is 5.82 Å². The molecule has 28 heavy (non-hydrogen) atoms. The summed E-state index contributed by atoms with van der Waals surface area (Å²) in [5.41, 5.74) is 0.886. The lowest BCUT2D eigenvalue weighted by atomic mass is 10.1. The van der Waals surface area contributed by atoms with E-state index in [4.69, 9.17) is 4.74 Å². The molecule has 0 aromatic heterocycles. The second-order valence-electron chi connectivity index (χ2n) is 6.43. The number of hydrogen-bond acceptors (Lipinski definition) is 4. The number of carbonyl (C=O) groups excluding carboxylic acids is 2. The quantitative estimate of drug-likeness (QED) is 0.640. The Morgan fingerprint density at radius 1 is 1.07 bits per heavy atom. The Labute approximate surface area is 161 Å². The Hall–Kier alpha value is -3.41. The number of hydrogen-bond donors (Lipinski definition) is 2. The van der Waals surface area contributed by atoms with Crippen molar-refractivity contribution in [1.29, 1.82) is 0 Å². The molecule has 144 valence electrons. The summed E-state index contributed by atoms with van der Waals surface area (Å²) in [6.45, 7) is 1.79. The van der Waals surface area contributed by atoms with Crippen LogP contribution in [-0.4, -0.2) is 29.6 Å². The molecule has 0 aliphatic rings. The van der Waals surface area contributed by atoms with Gasteiger partial charge in [0.1, 0.15) is 17.1 Å². The average Bonchev–Trinajstić information content (AvgIpc) is 2.68. The van der Waals surface area contributed by atoms with Crippen LogP contribution in [0.2, 0.25) is 0 Å². The van der Waals surface area contributed by atoms with Gasteiger partial charge in [-0.15, -0.1) is 0 Å². The van der Waals surface area contributed by atoms with Crippen LogP contribution < -0.4 is 5.32 Å². The number of amides is 1. The predicted octanol–water partition coefficient (Wildman–Crippen LogP) is 3.59. The van der Waals surface area contributed by atoms with E-state index in [0.717, 1.165) is 16.3 Å². The number of ether oxygens (including phenoxy) is 1. The van der Waals surface area contributed by atoms with E-state index in [2.05, 4.69) is 5.32 Å². The lowest BCUT2D eigenvalue weighted by molar-refractivity contribution is -0.129. The van der Waals surface area contributed by atoms with Gasteiger partial charge in [-0.25, -0.2) is 9.18 Å². The number of benzene rings is 3. The summed E-state index contributed by atoms with van der Waals surface area (Å²) in [6.07, 6.45) is -0.496. The highest BCUT2D eigenvalue weighted by Gasteiger charge is 2.21. The Morgan fingerprint density at radius 3 is 2.39 bits per heavy atom. The molecule has 2 N–H and O–H groups in total.